The fourth-order valence-electron chi connectivity index (χ4n) is 4.15. The molecule has 0 atom stereocenters. The molecule has 1 N–H and O–H groups in total. The second-order valence-corrected chi connectivity index (χ2v) is 9.66. The molecule has 0 heterocycles. The van der Waals surface area contributed by atoms with Crippen LogP contribution in [0.2, 0.25) is 10.0 Å². The van der Waals surface area contributed by atoms with Gasteiger partial charge in [0, 0.05) is 20.1 Å². The molecular formula is C27H24Cl2F4N2O. The van der Waals surface area contributed by atoms with Crippen LogP contribution in [0.5, 0.6) is 0 Å². The fraction of sp³-hybridized carbons (Fsp3) is 0.296. The molecule has 9 heteroatoms. The summed E-state index contributed by atoms with van der Waals surface area (Å²) >= 11 is 12.2. The van der Waals surface area contributed by atoms with Crippen LogP contribution in [0.4, 0.5) is 23.2 Å². The molecule has 0 aliphatic heterocycles. The van der Waals surface area contributed by atoms with E-state index < -0.39 is 23.5 Å². The maximum Gasteiger partial charge on any atom is 0.416 e. The lowest BCUT2D eigenvalue weighted by atomic mass is 10.0. The number of carbonyl (C=O) groups excluding carboxylic acids is 1. The fourth-order valence-corrected chi connectivity index (χ4v) is 4.71. The molecule has 1 amide bonds. The second kappa shape index (κ2) is 10.7. The van der Waals surface area contributed by atoms with Crippen LogP contribution in [0.15, 0.2) is 54.6 Å². The molecule has 1 aliphatic carbocycles. The van der Waals surface area contributed by atoms with Gasteiger partial charge in [-0.2, -0.15) is 13.2 Å². The Morgan fingerprint density at radius 1 is 1.03 bits per heavy atom. The molecular weight excluding hydrogens is 515 g/mol. The van der Waals surface area contributed by atoms with Gasteiger partial charge in [-0.3, -0.25) is 4.79 Å². The van der Waals surface area contributed by atoms with Gasteiger partial charge in [0.05, 0.1) is 21.3 Å². The molecule has 1 saturated carbocycles. The van der Waals surface area contributed by atoms with Gasteiger partial charge in [-0.05, 0) is 54.0 Å². The highest BCUT2D eigenvalue weighted by molar-refractivity contribution is 6.37. The lowest BCUT2D eigenvalue weighted by molar-refractivity contribution is -0.137. The smallest absolute Gasteiger partial charge is 0.386 e. The van der Waals surface area contributed by atoms with E-state index in [2.05, 4.69) is 5.32 Å². The largest absolute Gasteiger partial charge is 0.416 e. The van der Waals surface area contributed by atoms with Gasteiger partial charge in [-0.15, -0.1) is 0 Å². The first-order valence-electron chi connectivity index (χ1n) is 11.5. The molecule has 3 aromatic rings. The van der Waals surface area contributed by atoms with Crippen molar-refractivity contribution in [1.29, 1.82) is 0 Å². The number of rotatable bonds is 8. The Morgan fingerprint density at radius 3 is 2.33 bits per heavy atom. The van der Waals surface area contributed by atoms with E-state index in [1.807, 2.05) is 24.3 Å². The Morgan fingerprint density at radius 2 is 1.72 bits per heavy atom. The Balaban J connectivity index is 1.64. The lowest BCUT2D eigenvalue weighted by Gasteiger charge is -2.25. The number of amides is 1. The van der Waals surface area contributed by atoms with Gasteiger partial charge in [-0.1, -0.05) is 65.7 Å². The molecule has 0 aromatic heterocycles. The minimum absolute atomic E-state index is 0.0528. The van der Waals surface area contributed by atoms with Crippen LogP contribution in [0.25, 0.3) is 0 Å². The number of nitrogens with one attached hydrogen (secondary N) is 1. The maximum atomic E-state index is 15.1. The molecule has 0 radical (unpaired) electrons. The molecule has 0 saturated heterocycles. The average molecular weight is 539 g/mol. The summed E-state index contributed by atoms with van der Waals surface area (Å²) in [5.74, 6) is -1.01. The first kappa shape index (κ1) is 26.3. The molecule has 0 unspecified atom stereocenters. The summed E-state index contributed by atoms with van der Waals surface area (Å²) in [6, 6.07) is 14.0. The van der Waals surface area contributed by atoms with E-state index in [0.717, 1.165) is 30.5 Å². The van der Waals surface area contributed by atoms with E-state index in [-0.39, 0.29) is 40.8 Å². The number of alkyl halides is 3. The molecule has 3 aromatic carbocycles. The summed E-state index contributed by atoms with van der Waals surface area (Å²) < 4.78 is 54.6. The third-order valence-electron chi connectivity index (χ3n) is 6.25. The van der Waals surface area contributed by atoms with Gasteiger partial charge in [-0.25, -0.2) is 4.39 Å². The lowest BCUT2D eigenvalue weighted by Crippen LogP contribution is -2.34. The van der Waals surface area contributed by atoms with E-state index in [0.29, 0.717) is 11.5 Å². The van der Waals surface area contributed by atoms with Gasteiger partial charge < -0.3 is 10.2 Å². The van der Waals surface area contributed by atoms with Crippen LogP contribution in [0, 0.1) is 5.82 Å². The third-order valence-corrected chi connectivity index (χ3v) is 6.82. The molecule has 1 aliphatic rings. The van der Waals surface area contributed by atoms with E-state index in [9.17, 15) is 18.0 Å². The number of anilines is 1. The van der Waals surface area contributed by atoms with Gasteiger partial charge in [0.1, 0.15) is 5.56 Å². The number of nitrogens with zero attached hydrogens (tertiary/aromatic N) is 1. The van der Waals surface area contributed by atoms with Crippen molar-refractivity contribution in [3.63, 3.8) is 0 Å². The van der Waals surface area contributed by atoms with Crippen molar-refractivity contribution in [2.45, 2.75) is 37.9 Å². The van der Waals surface area contributed by atoms with Crippen molar-refractivity contribution in [1.82, 2.24) is 4.90 Å². The summed E-state index contributed by atoms with van der Waals surface area (Å²) in [6.07, 6.45) is -2.02. The Hall–Kier alpha value is -2.77. The number of hydrogen-bond donors (Lipinski definition) is 1. The summed E-state index contributed by atoms with van der Waals surface area (Å²) in [5, 5.41) is 2.54. The van der Waals surface area contributed by atoms with E-state index in [4.69, 9.17) is 23.2 Å². The zero-order chi connectivity index (χ0) is 26.0. The van der Waals surface area contributed by atoms with E-state index in [1.165, 1.54) is 29.6 Å². The maximum absolute atomic E-state index is 15.1. The van der Waals surface area contributed by atoms with Crippen LogP contribution in [-0.4, -0.2) is 24.4 Å². The predicted molar refractivity (Wildman–Crippen MR) is 134 cm³/mol. The quantitative estimate of drug-likeness (QED) is 0.233. The van der Waals surface area contributed by atoms with E-state index in [1.54, 1.807) is 6.07 Å². The van der Waals surface area contributed by atoms with Crippen LogP contribution in [-0.2, 0) is 19.1 Å². The van der Waals surface area contributed by atoms with E-state index >= 15 is 4.39 Å². The third kappa shape index (κ3) is 5.95. The molecule has 3 nitrogen and oxygen atoms in total. The van der Waals surface area contributed by atoms with Gasteiger partial charge in [0.15, 0.2) is 5.82 Å². The molecule has 4 rings (SSSR count). The van der Waals surface area contributed by atoms with Crippen LogP contribution < -0.4 is 5.32 Å². The van der Waals surface area contributed by atoms with Crippen molar-refractivity contribution in [2.24, 2.45) is 0 Å². The van der Waals surface area contributed by atoms with Crippen LogP contribution in [0.1, 0.15) is 51.4 Å². The van der Waals surface area contributed by atoms with Crippen molar-refractivity contribution >= 4 is 34.8 Å². The minimum Gasteiger partial charge on any atom is -0.386 e. The van der Waals surface area contributed by atoms with Gasteiger partial charge in [0.25, 0.3) is 5.91 Å². The van der Waals surface area contributed by atoms with Crippen molar-refractivity contribution < 1.29 is 22.4 Å². The highest BCUT2D eigenvalue weighted by Gasteiger charge is 2.31. The monoisotopic (exact) mass is 538 g/mol. The summed E-state index contributed by atoms with van der Waals surface area (Å²) in [4.78, 5) is 15.0. The normalized spacial score (nSPS) is 13.5. The van der Waals surface area contributed by atoms with Gasteiger partial charge in [0.2, 0.25) is 0 Å². The molecule has 1 fully saturated rings. The first-order chi connectivity index (χ1) is 17.1. The van der Waals surface area contributed by atoms with Gasteiger partial charge >= 0.3 is 6.18 Å². The number of benzene rings is 3. The summed E-state index contributed by atoms with van der Waals surface area (Å²) in [6.45, 7) is 0.187. The topological polar surface area (TPSA) is 32.3 Å². The number of hydrogen-bond acceptors (Lipinski definition) is 2. The predicted octanol–water partition coefficient (Wildman–Crippen LogP) is 7.96. The molecule has 0 spiro atoms. The zero-order valence-electron chi connectivity index (χ0n) is 19.4. The average Bonchev–Trinajstić information content (AvgIpc) is 3.69. The first-order valence-corrected chi connectivity index (χ1v) is 12.2. The minimum atomic E-state index is -4.48. The summed E-state index contributed by atoms with van der Waals surface area (Å²) in [5.41, 5.74) is 1.47. The molecule has 0 bridgehead atoms. The Labute approximate surface area is 217 Å². The Bertz CT molecular complexity index is 1260. The summed E-state index contributed by atoms with van der Waals surface area (Å²) in [7, 11) is 1.51. The highest BCUT2D eigenvalue weighted by atomic mass is 35.5. The SMILES string of the molecule is CNc1c(Cl)cc(Cl)c(F)c1C(=O)N(CCc1cccc(C(F)(F)F)c1)Cc1ccc(C2CC2)cc1. The van der Waals surface area contributed by atoms with Crippen LogP contribution >= 0.6 is 23.2 Å². The number of carbonyl (C=O) groups is 1. The van der Waals surface area contributed by atoms with Crippen molar-refractivity contribution in [3.05, 3.63) is 98.3 Å². The zero-order valence-corrected chi connectivity index (χ0v) is 20.9. The molecule has 36 heavy (non-hydrogen) atoms. The Kier molecular flexibility index (Phi) is 7.81. The second-order valence-electron chi connectivity index (χ2n) is 8.84. The molecule has 190 valence electrons. The standard InChI is InChI=1S/C27H24Cl2F4N2O/c1-34-25-22(29)14-21(28)24(30)23(25)26(36)35(15-17-5-7-18(8-6-17)19-9-10-19)12-11-16-3-2-4-20(13-16)27(31,32)33/h2-8,13-14,19,34H,9-12,15H2,1H3. The van der Waals surface area contributed by atoms with Crippen molar-refractivity contribution in [2.75, 3.05) is 18.9 Å². The van der Waals surface area contributed by atoms with Crippen LogP contribution in [0.3, 0.4) is 0 Å². The highest BCUT2D eigenvalue weighted by Crippen LogP contribution is 2.40. The van der Waals surface area contributed by atoms with Crippen molar-refractivity contribution in [3.8, 4) is 0 Å². The number of halogens is 6.